The van der Waals surface area contributed by atoms with E-state index in [1.807, 2.05) is 32.9 Å². The molecule has 0 spiro atoms. The van der Waals surface area contributed by atoms with Gasteiger partial charge in [-0.2, -0.15) is 0 Å². The monoisotopic (exact) mass is 410 g/mol. The van der Waals surface area contributed by atoms with Crippen LogP contribution in [0.5, 0.6) is 5.75 Å². The Morgan fingerprint density at radius 1 is 1.00 bits per heavy atom. The van der Waals surface area contributed by atoms with E-state index in [1.54, 1.807) is 43.5 Å². The Morgan fingerprint density at radius 2 is 1.53 bits per heavy atom. The van der Waals surface area contributed by atoms with Gasteiger partial charge in [0.05, 0.1) is 30.3 Å². The molecule has 158 valence electrons. The van der Waals surface area contributed by atoms with Crippen molar-refractivity contribution in [3.8, 4) is 5.75 Å². The fourth-order valence-electron chi connectivity index (χ4n) is 3.78. The fourth-order valence-corrected chi connectivity index (χ4v) is 3.78. The highest BCUT2D eigenvalue weighted by molar-refractivity contribution is 6.21. The van der Waals surface area contributed by atoms with Gasteiger partial charge in [0.25, 0.3) is 11.8 Å². The van der Waals surface area contributed by atoms with Crippen LogP contribution in [0.25, 0.3) is 0 Å². The first-order chi connectivity index (χ1) is 14.1. The largest absolute Gasteiger partial charge is 0.497 e. The molecule has 30 heavy (non-hydrogen) atoms. The molecule has 0 radical (unpaired) electrons. The molecule has 1 atom stereocenters. The molecule has 2 aromatic carbocycles. The highest BCUT2D eigenvalue weighted by Gasteiger charge is 2.48. The first-order valence-electron chi connectivity index (χ1n) is 9.67. The van der Waals surface area contributed by atoms with Gasteiger partial charge in [0.15, 0.2) is 0 Å². The second kappa shape index (κ2) is 7.82. The predicted octanol–water partition coefficient (Wildman–Crippen LogP) is 3.59. The SMILES string of the molecule is COc1ccc(C[C@](CN2C(=O)c3ccccc3C2=O)(NC(=O)O)C(C)(C)C)cc1. The average molecular weight is 410 g/mol. The van der Waals surface area contributed by atoms with Crippen molar-refractivity contribution in [1.29, 1.82) is 0 Å². The molecule has 2 N–H and O–H groups in total. The van der Waals surface area contributed by atoms with Crippen LogP contribution < -0.4 is 10.1 Å². The third-order valence-corrected chi connectivity index (χ3v) is 5.75. The van der Waals surface area contributed by atoms with Crippen LogP contribution in [-0.2, 0) is 6.42 Å². The molecule has 0 aromatic heterocycles. The molecule has 1 aliphatic rings. The van der Waals surface area contributed by atoms with Crippen LogP contribution in [-0.4, -0.2) is 47.1 Å². The number of ether oxygens (including phenoxy) is 1. The lowest BCUT2D eigenvalue weighted by atomic mass is 9.69. The number of fused-ring (bicyclic) bond motifs is 1. The van der Waals surface area contributed by atoms with E-state index in [2.05, 4.69) is 5.32 Å². The van der Waals surface area contributed by atoms with Gasteiger partial charge in [-0.15, -0.1) is 0 Å². The van der Waals surface area contributed by atoms with Crippen LogP contribution >= 0.6 is 0 Å². The number of carbonyl (C=O) groups excluding carboxylic acids is 2. The molecule has 0 aliphatic carbocycles. The van der Waals surface area contributed by atoms with Crippen LogP contribution in [0, 0.1) is 5.41 Å². The Bertz CT molecular complexity index is 943. The lowest BCUT2D eigenvalue weighted by Crippen LogP contribution is -2.64. The summed E-state index contributed by atoms with van der Waals surface area (Å²) < 4.78 is 5.20. The molecule has 0 saturated carbocycles. The number of amides is 3. The van der Waals surface area contributed by atoms with Crippen LogP contribution in [0.3, 0.4) is 0 Å². The van der Waals surface area contributed by atoms with E-state index >= 15 is 0 Å². The number of hydrogen-bond donors (Lipinski definition) is 2. The van der Waals surface area contributed by atoms with E-state index in [9.17, 15) is 19.5 Å². The van der Waals surface area contributed by atoms with Crippen molar-refractivity contribution < 1.29 is 24.2 Å². The topological polar surface area (TPSA) is 95.9 Å². The third-order valence-electron chi connectivity index (χ3n) is 5.75. The van der Waals surface area contributed by atoms with Crippen molar-refractivity contribution in [2.24, 2.45) is 5.41 Å². The van der Waals surface area contributed by atoms with E-state index in [-0.39, 0.29) is 6.54 Å². The highest BCUT2D eigenvalue weighted by Crippen LogP contribution is 2.37. The average Bonchev–Trinajstić information content (AvgIpc) is 2.92. The maximum atomic E-state index is 12.9. The molecule has 0 saturated heterocycles. The molecule has 7 heteroatoms. The number of nitrogens with zero attached hydrogens (tertiary/aromatic N) is 1. The van der Waals surface area contributed by atoms with Gasteiger partial charge >= 0.3 is 6.09 Å². The molecule has 1 heterocycles. The standard InChI is InChI=1S/C23H26N2O5/c1-22(2,3)23(24-21(28)29,13-15-9-11-16(30-4)12-10-15)14-25-19(26)17-7-5-6-8-18(17)20(25)27/h5-12,24H,13-14H2,1-4H3,(H,28,29)/t23-/m1/s1. The van der Waals surface area contributed by atoms with Gasteiger partial charge in [-0.3, -0.25) is 14.5 Å². The minimum Gasteiger partial charge on any atom is -0.497 e. The minimum absolute atomic E-state index is 0.0822. The maximum absolute atomic E-state index is 12.9. The molecular formula is C23H26N2O5. The Hall–Kier alpha value is -3.35. The summed E-state index contributed by atoms with van der Waals surface area (Å²) in [6, 6.07) is 13.9. The summed E-state index contributed by atoms with van der Waals surface area (Å²) in [5.74, 6) is -0.135. The summed E-state index contributed by atoms with van der Waals surface area (Å²) in [5.41, 5.74) is -0.187. The molecule has 2 aromatic rings. The van der Waals surface area contributed by atoms with E-state index < -0.39 is 28.9 Å². The number of methoxy groups -OCH3 is 1. The van der Waals surface area contributed by atoms with Crippen molar-refractivity contribution >= 4 is 17.9 Å². The quantitative estimate of drug-likeness (QED) is 0.710. The third kappa shape index (κ3) is 3.87. The molecule has 0 fully saturated rings. The number of carboxylic acid groups (broad SMARTS) is 1. The highest BCUT2D eigenvalue weighted by atomic mass is 16.5. The number of imide groups is 1. The molecule has 1 aliphatic heterocycles. The lowest BCUT2D eigenvalue weighted by molar-refractivity contribution is 0.0469. The Morgan fingerprint density at radius 3 is 1.97 bits per heavy atom. The summed E-state index contributed by atoms with van der Waals surface area (Å²) in [6.45, 7) is 5.60. The van der Waals surface area contributed by atoms with Crippen LogP contribution in [0.2, 0.25) is 0 Å². The maximum Gasteiger partial charge on any atom is 0.405 e. The van der Waals surface area contributed by atoms with Gasteiger partial charge in [-0.25, -0.2) is 4.79 Å². The lowest BCUT2D eigenvalue weighted by Gasteiger charge is -2.46. The van der Waals surface area contributed by atoms with Crippen molar-refractivity contribution in [1.82, 2.24) is 10.2 Å². The van der Waals surface area contributed by atoms with E-state index in [1.165, 1.54) is 0 Å². The van der Waals surface area contributed by atoms with Crippen LogP contribution in [0.15, 0.2) is 48.5 Å². The number of benzene rings is 2. The van der Waals surface area contributed by atoms with Gasteiger partial charge in [0.1, 0.15) is 5.75 Å². The van der Waals surface area contributed by atoms with Crippen LogP contribution in [0.1, 0.15) is 47.1 Å². The van der Waals surface area contributed by atoms with Crippen molar-refractivity contribution in [3.63, 3.8) is 0 Å². The molecule has 3 amide bonds. The minimum atomic E-state index is -1.21. The van der Waals surface area contributed by atoms with Gasteiger partial charge in [0.2, 0.25) is 0 Å². The number of hydrogen-bond acceptors (Lipinski definition) is 4. The zero-order valence-corrected chi connectivity index (χ0v) is 17.6. The van der Waals surface area contributed by atoms with Gasteiger partial charge in [-0.1, -0.05) is 45.0 Å². The first kappa shape index (κ1) is 21.4. The van der Waals surface area contributed by atoms with Gasteiger partial charge in [0, 0.05) is 0 Å². The summed E-state index contributed by atoms with van der Waals surface area (Å²) >= 11 is 0. The number of carbonyl (C=O) groups is 3. The van der Waals surface area contributed by atoms with Crippen LogP contribution in [0.4, 0.5) is 4.79 Å². The summed E-state index contributed by atoms with van der Waals surface area (Å²) in [7, 11) is 1.57. The van der Waals surface area contributed by atoms with Gasteiger partial charge < -0.3 is 15.2 Å². The zero-order chi connectivity index (χ0) is 22.1. The van der Waals surface area contributed by atoms with Gasteiger partial charge in [-0.05, 0) is 41.7 Å². The normalized spacial score (nSPS) is 15.5. The molecule has 7 nitrogen and oxygen atoms in total. The summed E-state index contributed by atoms with van der Waals surface area (Å²) in [6.07, 6.45) is -0.921. The number of nitrogens with one attached hydrogen (secondary N) is 1. The van der Waals surface area contributed by atoms with Crippen molar-refractivity contribution in [2.45, 2.75) is 32.7 Å². The predicted molar refractivity (Wildman–Crippen MR) is 112 cm³/mol. The van der Waals surface area contributed by atoms with Crippen molar-refractivity contribution in [3.05, 3.63) is 65.2 Å². The Balaban J connectivity index is 2.02. The number of rotatable bonds is 6. The smallest absolute Gasteiger partial charge is 0.405 e. The van der Waals surface area contributed by atoms with Crippen molar-refractivity contribution in [2.75, 3.05) is 13.7 Å². The summed E-state index contributed by atoms with van der Waals surface area (Å²) in [5, 5.41) is 12.3. The zero-order valence-electron chi connectivity index (χ0n) is 17.6. The molecule has 0 bridgehead atoms. The molecule has 3 rings (SSSR count). The molecular weight excluding hydrogens is 384 g/mol. The second-order valence-corrected chi connectivity index (χ2v) is 8.53. The van der Waals surface area contributed by atoms with E-state index in [4.69, 9.17) is 4.74 Å². The Kier molecular flexibility index (Phi) is 5.57. The second-order valence-electron chi connectivity index (χ2n) is 8.53. The van der Waals surface area contributed by atoms with E-state index in [0.29, 0.717) is 23.3 Å². The fraction of sp³-hybridized carbons (Fsp3) is 0.348. The first-order valence-corrected chi connectivity index (χ1v) is 9.67. The Labute approximate surface area is 175 Å². The molecule has 0 unspecified atom stereocenters. The van der Waals surface area contributed by atoms with E-state index in [0.717, 1.165) is 10.5 Å². The summed E-state index contributed by atoms with van der Waals surface area (Å²) in [4.78, 5) is 38.8.